The summed E-state index contributed by atoms with van der Waals surface area (Å²) >= 11 is 0. The molecule has 1 aliphatic rings. The zero-order valence-corrected chi connectivity index (χ0v) is 13.0. The van der Waals surface area contributed by atoms with Gasteiger partial charge in [-0.25, -0.2) is 0 Å². The summed E-state index contributed by atoms with van der Waals surface area (Å²) < 4.78 is 11.1. The normalized spacial score (nSPS) is 14.4. The van der Waals surface area contributed by atoms with E-state index in [0.29, 0.717) is 13.2 Å². The molecule has 1 fully saturated rings. The number of methoxy groups -OCH3 is 1. The molecule has 1 aromatic rings. The lowest BCUT2D eigenvalue weighted by Crippen LogP contribution is -2.33. The molecule has 1 aromatic carbocycles. The second kappa shape index (κ2) is 7.91. The van der Waals surface area contributed by atoms with Crippen LogP contribution in [0.15, 0.2) is 18.2 Å². The number of benzene rings is 1. The molecule has 116 valence electrons. The van der Waals surface area contributed by atoms with Gasteiger partial charge in [-0.1, -0.05) is 25.8 Å². The number of carbonyl (C=O) groups is 1. The predicted molar refractivity (Wildman–Crippen MR) is 82.6 cm³/mol. The third-order valence-electron chi connectivity index (χ3n) is 3.93. The highest BCUT2D eigenvalue weighted by molar-refractivity contribution is 5.79. The Hall–Kier alpha value is -1.71. The molecule has 0 radical (unpaired) electrons. The van der Waals surface area contributed by atoms with E-state index in [0.717, 1.165) is 42.7 Å². The van der Waals surface area contributed by atoms with Gasteiger partial charge in [-0.05, 0) is 37.0 Å². The first kappa shape index (κ1) is 15.7. The zero-order chi connectivity index (χ0) is 15.1. The van der Waals surface area contributed by atoms with Gasteiger partial charge in [0.1, 0.15) is 0 Å². The van der Waals surface area contributed by atoms with Crippen LogP contribution in [-0.4, -0.2) is 19.6 Å². The van der Waals surface area contributed by atoms with Crippen molar-refractivity contribution in [3.63, 3.8) is 0 Å². The van der Waals surface area contributed by atoms with E-state index < -0.39 is 0 Å². The minimum absolute atomic E-state index is 0.170. The lowest BCUT2D eigenvalue weighted by atomic mass is 9.85. The molecule has 0 heterocycles. The van der Waals surface area contributed by atoms with Gasteiger partial charge in [-0.3, -0.25) is 4.79 Å². The molecule has 0 aliphatic heterocycles. The summed E-state index contributed by atoms with van der Waals surface area (Å²) in [5.41, 5.74) is 1.03. The Morgan fingerprint density at radius 3 is 2.76 bits per heavy atom. The largest absolute Gasteiger partial charge is 0.493 e. The molecule has 0 aromatic heterocycles. The van der Waals surface area contributed by atoms with Gasteiger partial charge in [0.2, 0.25) is 5.91 Å². The SMILES string of the molecule is CCCCOc1ccc(CNC(=O)C2CCC2)cc1OC. The molecule has 0 bridgehead atoms. The molecule has 0 atom stereocenters. The fourth-order valence-corrected chi connectivity index (χ4v) is 2.27. The van der Waals surface area contributed by atoms with Crippen LogP contribution >= 0.6 is 0 Å². The lowest BCUT2D eigenvalue weighted by molar-refractivity contribution is -0.127. The second-order valence-corrected chi connectivity index (χ2v) is 5.53. The molecule has 1 aliphatic carbocycles. The summed E-state index contributed by atoms with van der Waals surface area (Å²) in [6, 6.07) is 5.83. The van der Waals surface area contributed by atoms with Crippen LogP contribution in [0.3, 0.4) is 0 Å². The number of carbonyl (C=O) groups excluding carboxylic acids is 1. The predicted octanol–water partition coefficient (Wildman–Crippen LogP) is 3.29. The first-order valence-electron chi connectivity index (χ1n) is 7.82. The van der Waals surface area contributed by atoms with Gasteiger partial charge in [-0.15, -0.1) is 0 Å². The van der Waals surface area contributed by atoms with Crippen LogP contribution in [0, 0.1) is 5.92 Å². The van der Waals surface area contributed by atoms with Crippen molar-refractivity contribution < 1.29 is 14.3 Å². The molecule has 0 saturated heterocycles. The molecule has 21 heavy (non-hydrogen) atoms. The summed E-state index contributed by atoms with van der Waals surface area (Å²) in [5.74, 6) is 1.88. The van der Waals surface area contributed by atoms with Crippen molar-refractivity contribution in [3.05, 3.63) is 23.8 Å². The van der Waals surface area contributed by atoms with E-state index in [9.17, 15) is 4.79 Å². The van der Waals surface area contributed by atoms with Crippen LogP contribution < -0.4 is 14.8 Å². The number of rotatable bonds is 8. The molecule has 4 heteroatoms. The van der Waals surface area contributed by atoms with Crippen molar-refractivity contribution in [3.8, 4) is 11.5 Å². The summed E-state index contributed by atoms with van der Waals surface area (Å²) in [4.78, 5) is 11.8. The second-order valence-electron chi connectivity index (χ2n) is 5.53. The van der Waals surface area contributed by atoms with Gasteiger partial charge in [-0.2, -0.15) is 0 Å². The Labute approximate surface area is 126 Å². The van der Waals surface area contributed by atoms with Crippen molar-refractivity contribution in [2.45, 2.75) is 45.6 Å². The first-order valence-corrected chi connectivity index (χ1v) is 7.82. The van der Waals surface area contributed by atoms with Gasteiger partial charge in [0.05, 0.1) is 13.7 Å². The Morgan fingerprint density at radius 2 is 2.14 bits per heavy atom. The lowest BCUT2D eigenvalue weighted by Gasteiger charge is -2.24. The van der Waals surface area contributed by atoms with Gasteiger partial charge < -0.3 is 14.8 Å². The highest BCUT2D eigenvalue weighted by Gasteiger charge is 2.24. The topological polar surface area (TPSA) is 47.6 Å². The third-order valence-corrected chi connectivity index (χ3v) is 3.93. The number of hydrogen-bond acceptors (Lipinski definition) is 3. The molecular weight excluding hydrogens is 266 g/mol. The van der Waals surface area contributed by atoms with Crippen LogP contribution in [-0.2, 0) is 11.3 Å². The minimum atomic E-state index is 0.170. The van der Waals surface area contributed by atoms with Crippen molar-refractivity contribution in [2.75, 3.05) is 13.7 Å². The van der Waals surface area contributed by atoms with E-state index in [-0.39, 0.29) is 11.8 Å². The Bertz CT molecular complexity index is 469. The number of amides is 1. The van der Waals surface area contributed by atoms with E-state index in [4.69, 9.17) is 9.47 Å². The van der Waals surface area contributed by atoms with E-state index in [2.05, 4.69) is 12.2 Å². The van der Waals surface area contributed by atoms with E-state index >= 15 is 0 Å². The maximum absolute atomic E-state index is 11.8. The van der Waals surface area contributed by atoms with E-state index in [1.54, 1.807) is 7.11 Å². The molecular formula is C17H25NO3. The summed E-state index contributed by atoms with van der Waals surface area (Å²) in [6.07, 6.45) is 5.37. The summed E-state index contributed by atoms with van der Waals surface area (Å²) in [7, 11) is 1.64. The van der Waals surface area contributed by atoms with Crippen molar-refractivity contribution >= 4 is 5.91 Å². The zero-order valence-electron chi connectivity index (χ0n) is 13.0. The minimum Gasteiger partial charge on any atom is -0.493 e. The molecule has 2 rings (SSSR count). The van der Waals surface area contributed by atoms with Crippen LogP contribution in [0.1, 0.15) is 44.6 Å². The fraction of sp³-hybridized carbons (Fsp3) is 0.588. The monoisotopic (exact) mass is 291 g/mol. The Kier molecular flexibility index (Phi) is 5.90. The molecule has 0 unspecified atom stereocenters. The molecule has 1 N–H and O–H groups in total. The Balaban J connectivity index is 1.89. The summed E-state index contributed by atoms with van der Waals surface area (Å²) in [5, 5.41) is 2.99. The third kappa shape index (κ3) is 4.38. The van der Waals surface area contributed by atoms with Gasteiger partial charge in [0, 0.05) is 12.5 Å². The smallest absolute Gasteiger partial charge is 0.223 e. The Morgan fingerprint density at radius 1 is 1.33 bits per heavy atom. The highest BCUT2D eigenvalue weighted by atomic mass is 16.5. The standard InChI is InChI=1S/C17H25NO3/c1-3-4-10-21-15-9-8-13(11-16(15)20-2)12-18-17(19)14-6-5-7-14/h8-9,11,14H,3-7,10,12H2,1-2H3,(H,18,19). The quantitative estimate of drug-likeness (QED) is 0.748. The summed E-state index contributed by atoms with van der Waals surface area (Å²) in [6.45, 7) is 3.38. The van der Waals surface area contributed by atoms with Crippen molar-refractivity contribution in [1.29, 1.82) is 0 Å². The molecule has 0 spiro atoms. The van der Waals surface area contributed by atoms with Gasteiger partial charge in [0.15, 0.2) is 11.5 Å². The van der Waals surface area contributed by atoms with Crippen LogP contribution in [0.2, 0.25) is 0 Å². The number of unbranched alkanes of at least 4 members (excludes halogenated alkanes) is 1. The maximum atomic E-state index is 11.8. The molecule has 1 saturated carbocycles. The maximum Gasteiger partial charge on any atom is 0.223 e. The number of hydrogen-bond donors (Lipinski definition) is 1. The number of ether oxygens (including phenoxy) is 2. The van der Waals surface area contributed by atoms with Crippen molar-refractivity contribution in [1.82, 2.24) is 5.32 Å². The van der Waals surface area contributed by atoms with Crippen LogP contribution in [0.5, 0.6) is 11.5 Å². The first-order chi connectivity index (χ1) is 10.2. The molecule has 1 amide bonds. The fourth-order valence-electron chi connectivity index (χ4n) is 2.27. The van der Waals surface area contributed by atoms with Crippen molar-refractivity contribution in [2.24, 2.45) is 5.92 Å². The average Bonchev–Trinajstić information content (AvgIpc) is 2.44. The van der Waals surface area contributed by atoms with E-state index in [1.807, 2.05) is 18.2 Å². The number of nitrogens with one attached hydrogen (secondary N) is 1. The van der Waals surface area contributed by atoms with Crippen LogP contribution in [0.4, 0.5) is 0 Å². The van der Waals surface area contributed by atoms with E-state index in [1.165, 1.54) is 6.42 Å². The van der Waals surface area contributed by atoms with Gasteiger partial charge in [0.25, 0.3) is 0 Å². The van der Waals surface area contributed by atoms with Crippen LogP contribution in [0.25, 0.3) is 0 Å². The van der Waals surface area contributed by atoms with Gasteiger partial charge >= 0.3 is 0 Å². The molecule has 4 nitrogen and oxygen atoms in total. The average molecular weight is 291 g/mol. The highest BCUT2D eigenvalue weighted by Crippen LogP contribution is 2.29.